The summed E-state index contributed by atoms with van der Waals surface area (Å²) in [5.41, 5.74) is 1.08. The maximum Gasteiger partial charge on any atom is 0.191 e. The number of aliphatic imine (C=N–C) groups is 1. The topological polar surface area (TPSA) is 79.8 Å². The van der Waals surface area contributed by atoms with Gasteiger partial charge in [0.15, 0.2) is 15.8 Å². The fourth-order valence-electron chi connectivity index (χ4n) is 2.39. The van der Waals surface area contributed by atoms with Crippen LogP contribution in [0.2, 0.25) is 0 Å². The average molecular weight is 453 g/mol. The fourth-order valence-corrected chi connectivity index (χ4v) is 4.07. The van der Waals surface area contributed by atoms with Gasteiger partial charge in [-0.2, -0.15) is 0 Å². The largest absolute Gasteiger partial charge is 0.494 e. The van der Waals surface area contributed by atoms with Crippen molar-refractivity contribution in [2.24, 2.45) is 4.99 Å². The molecule has 1 aliphatic rings. The van der Waals surface area contributed by atoms with Crippen molar-refractivity contribution in [3.8, 4) is 5.75 Å². The third kappa shape index (κ3) is 6.54. The molecule has 130 valence electrons. The molecule has 1 unspecified atom stereocenters. The first kappa shape index (κ1) is 20.0. The zero-order chi connectivity index (χ0) is 16.0. The quantitative estimate of drug-likeness (QED) is 0.402. The molecule has 6 nitrogen and oxygen atoms in total. The number of benzene rings is 1. The van der Waals surface area contributed by atoms with Crippen molar-refractivity contribution in [2.45, 2.75) is 25.9 Å². The number of ether oxygens (including phenoxy) is 1. The van der Waals surface area contributed by atoms with E-state index in [-0.39, 0.29) is 41.5 Å². The Labute approximate surface area is 155 Å². The molecule has 1 saturated heterocycles. The molecule has 0 aliphatic carbocycles. The van der Waals surface area contributed by atoms with Gasteiger partial charge in [0, 0.05) is 19.6 Å². The van der Waals surface area contributed by atoms with Crippen molar-refractivity contribution >= 4 is 39.8 Å². The number of hydrogen-bond donors (Lipinski definition) is 2. The van der Waals surface area contributed by atoms with E-state index >= 15 is 0 Å². The highest BCUT2D eigenvalue weighted by Crippen LogP contribution is 2.13. The van der Waals surface area contributed by atoms with E-state index in [4.69, 9.17) is 4.74 Å². The molecule has 1 fully saturated rings. The molecule has 8 heteroatoms. The molecule has 1 atom stereocenters. The molecular weight excluding hydrogens is 429 g/mol. The van der Waals surface area contributed by atoms with Crippen LogP contribution in [-0.2, 0) is 16.4 Å². The van der Waals surface area contributed by atoms with Crippen LogP contribution in [0, 0.1) is 0 Å². The van der Waals surface area contributed by atoms with Gasteiger partial charge < -0.3 is 15.4 Å². The minimum Gasteiger partial charge on any atom is -0.494 e. The van der Waals surface area contributed by atoms with Crippen molar-refractivity contribution in [1.82, 2.24) is 10.6 Å². The summed E-state index contributed by atoms with van der Waals surface area (Å²) >= 11 is 0. The molecule has 0 saturated carbocycles. The van der Waals surface area contributed by atoms with Crippen molar-refractivity contribution in [3.63, 3.8) is 0 Å². The van der Waals surface area contributed by atoms with E-state index in [1.54, 1.807) is 7.05 Å². The van der Waals surface area contributed by atoms with Crippen LogP contribution >= 0.6 is 24.0 Å². The normalized spacial score (nSPS) is 19.7. The van der Waals surface area contributed by atoms with Crippen molar-refractivity contribution in [3.05, 3.63) is 29.8 Å². The molecule has 1 heterocycles. The SMILES string of the molecule is CCOc1cccc(CNC(=NC)NC2CCS(=O)(=O)C2)c1.I. The Kier molecular flexibility index (Phi) is 8.10. The van der Waals surface area contributed by atoms with Gasteiger partial charge in [-0.05, 0) is 31.0 Å². The van der Waals surface area contributed by atoms with Crippen LogP contribution in [0.5, 0.6) is 5.75 Å². The van der Waals surface area contributed by atoms with E-state index in [0.717, 1.165) is 11.3 Å². The molecule has 2 rings (SSSR count). The third-order valence-corrected chi connectivity index (χ3v) is 5.23. The predicted octanol–water partition coefficient (Wildman–Crippen LogP) is 1.56. The summed E-state index contributed by atoms with van der Waals surface area (Å²) in [5.74, 6) is 1.88. The van der Waals surface area contributed by atoms with E-state index in [1.165, 1.54) is 0 Å². The summed E-state index contributed by atoms with van der Waals surface area (Å²) < 4.78 is 28.4. The highest BCUT2D eigenvalue weighted by Gasteiger charge is 2.28. The number of sulfone groups is 1. The van der Waals surface area contributed by atoms with Crippen LogP contribution in [0.15, 0.2) is 29.3 Å². The maximum atomic E-state index is 11.5. The number of guanidine groups is 1. The van der Waals surface area contributed by atoms with Gasteiger partial charge in [-0.1, -0.05) is 12.1 Å². The monoisotopic (exact) mass is 453 g/mol. The molecule has 1 aromatic carbocycles. The van der Waals surface area contributed by atoms with Crippen LogP contribution in [0.1, 0.15) is 18.9 Å². The lowest BCUT2D eigenvalue weighted by atomic mass is 10.2. The molecule has 0 bridgehead atoms. The van der Waals surface area contributed by atoms with Crippen LogP contribution in [-0.4, -0.2) is 45.6 Å². The van der Waals surface area contributed by atoms with E-state index in [0.29, 0.717) is 25.5 Å². The Morgan fingerprint density at radius 2 is 2.22 bits per heavy atom. The zero-order valence-electron chi connectivity index (χ0n) is 13.4. The van der Waals surface area contributed by atoms with E-state index in [9.17, 15) is 8.42 Å². The summed E-state index contributed by atoms with van der Waals surface area (Å²) in [5, 5.41) is 6.36. The number of halogens is 1. The average Bonchev–Trinajstić information content (AvgIpc) is 2.83. The number of rotatable bonds is 5. The molecular formula is C15H24IN3O3S. The number of nitrogens with zero attached hydrogens (tertiary/aromatic N) is 1. The van der Waals surface area contributed by atoms with Gasteiger partial charge in [-0.25, -0.2) is 8.42 Å². The second kappa shape index (κ2) is 9.31. The summed E-state index contributed by atoms with van der Waals surface area (Å²) in [4.78, 5) is 4.14. The number of hydrogen-bond acceptors (Lipinski definition) is 4. The molecule has 0 radical (unpaired) electrons. The summed E-state index contributed by atoms with van der Waals surface area (Å²) in [6.45, 7) is 3.18. The molecule has 2 N–H and O–H groups in total. The Morgan fingerprint density at radius 3 is 2.83 bits per heavy atom. The molecule has 0 aromatic heterocycles. The van der Waals surface area contributed by atoms with Crippen molar-refractivity contribution in [2.75, 3.05) is 25.2 Å². The minimum absolute atomic E-state index is 0. The lowest BCUT2D eigenvalue weighted by molar-refractivity contribution is 0.340. The van der Waals surface area contributed by atoms with E-state index in [2.05, 4.69) is 15.6 Å². The summed E-state index contributed by atoms with van der Waals surface area (Å²) in [6, 6.07) is 7.78. The van der Waals surface area contributed by atoms with Gasteiger partial charge in [0.2, 0.25) is 0 Å². The van der Waals surface area contributed by atoms with Gasteiger partial charge in [-0.15, -0.1) is 24.0 Å². The van der Waals surface area contributed by atoms with Crippen LogP contribution in [0.3, 0.4) is 0 Å². The molecule has 1 aromatic rings. The Balaban J connectivity index is 0.00000264. The lowest BCUT2D eigenvalue weighted by Gasteiger charge is -2.16. The van der Waals surface area contributed by atoms with Crippen LogP contribution in [0.4, 0.5) is 0 Å². The Morgan fingerprint density at radius 1 is 1.43 bits per heavy atom. The fraction of sp³-hybridized carbons (Fsp3) is 0.533. The Hall–Kier alpha value is -1.03. The first-order valence-corrected chi connectivity index (χ1v) is 9.24. The summed E-state index contributed by atoms with van der Waals surface area (Å²) in [7, 11) is -1.21. The van der Waals surface area contributed by atoms with Gasteiger partial charge in [0.1, 0.15) is 5.75 Å². The first-order chi connectivity index (χ1) is 10.5. The second-order valence-electron chi connectivity index (χ2n) is 5.25. The highest BCUT2D eigenvalue weighted by atomic mass is 127. The zero-order valence-corrected chi connectivity index (χ0v) is 16.6. The number of nitrogens with one attached hydrogen (secondary N) is 2. The molecule has 23 heavy (non-hydrogen) atoms. The van der Waals surface area contributed by atoms with Gasteiger partial charge >= 0.3 is 0 Å². The van der Waals surface area contributed by atoms with Crippen molar-refractivity contribution in [1.29, 1.82) is 0 Å². The van der Waals surface area contributed by atoms with Gasteiger partial charge in [0.05, 0.1) is 18.1 Å². The maximum absolute atomic E-state index is 11.5. The van der Waals surface area contributed by atoms with Gasteiger partial charge in [-0.3, -0.25) is 4.99 Å². The lowest BCUT2D eigenvalue weighted by Crippen LogP contribution is -2.43. The van der Waals surface area contributed by atoms with Crippen molar-refractivity contribution < 1.29 is 13.2 Å². The minimum atomic E-state index is -2.89. The summed E-state index contributed by atoms with van der Waals surface area (Å²) in [6.07, 6.45) is 0.628. The standard InChI is InChI=1S/C15H23N3O3S.HI/c1-3-21-14-6-4-5-12(9-14)10-17-15(16-2)18-13-7-8-22(19,20)11-13;/h4-6,9,13H,3,7-8,10-11H2,1-2H3,(H2,16,17,18);1H. The predicted molar refractivity (Wildman–Crippen MR) is 103 cm³/mol. The van der Waals surface area contributed by atoms with Crippen LogP contribution < -0.4 is 15.4 Å². The third-order valence-electron chi connectivity index (χ3n) is 3.47. The smallest absolute Gasteiger partial charge is 0.191 e. The highest BCUT2D eigenvalue weighted by molar-refractivity contribution is 14.0. The first-order valence-electron chi connectivity index (χ1n) is 7.42. The van der Waals surface area contributed by atoms with E-state index in [1.807, 2.05) is 31.2 Å². The van der Waals surface area contributed by atoms with E-state index < -0.39 is 9.84 Å². The molecule has 0 amide bonds. The van der Waals surface area contributed by atoms with Crippen LogP contribution in [0.25, 0.3) is 0 Å². The van der Waals surface area contributed by atoms with Gasteiger partial charge in [0.25, 0.3) is 0 Å². The second-order valence-corrected chi connectivity index (χ2v) is 7.48. The Bertz CT molecular complexity index is 635. The molecule has 0 spiro atoms. The molecule has 1 aliphatic heterocycles.